The first kappa shape index (κ1) is 17.7. The van der Waals surface area contributed by atoms with E-state index in [1.807, 2.05) is 12.1 Å². The molecule has 4 aliphatic rings. The van der Waals surface area contributed by atoms with Gasteiger partial charge in [-0.25, -0.2) is 4.39 Å². The van der Waals surface area contributed by atoms with Crippen LogP contribution >= 0.6 is 0 Å². The SMILES string of the molecule is COc1cccc([C@H]2CN(C(=O)c3ccc(F)cc3)[C@@H]3C4CCN(CC4)[C@H]23)c1. The molecule has 6 rings (SSSR count). The molecule has 4 saturated heterocycles. The number of likely N-dealkylation sites (tertiary alicyclic amines) is 1. The maximum atomic E-state index is 13.3. The summed E-state index contributed by atoms with van der Waals surface area (Å²) < 4.78 is 18.8. The summed E-state index contributed by atoms with van der Waals surface area (Å²) in [4.78, 5) is 18.0. The first-order valence-corrected chi connectivity index (χ1v) is 10.1. The fourth-order valence-electron chi connectivity index (χ4n) is 5.58. The zero-order chi connectivity index (χ0) is 19.3. The van der Waals surface area contributed by atoms with Gasteiger partial charge in [-0.15, -0.1) is 0 Å². The number of hydrogen-bond donors (Lipinski definition) is 0. The van der Waals surface area contributed by atoms with Crippen molar-refractivity contribution >= 4 is 5.91 Å². The molecular weight excluding hydrogens is 355 g/mol. The molecule has 0 unspecified atom stereocenters. The van der Waals surface area contributed by atoms with Crippen molar-refractivity contribution in [3.8, 4) is 5.75 Å². The van der Waals surface area contributed by atoms with Gasteiger partial charge in [0.15, 0.2) is 0 Å². The molecule has 146 valence electrons. The van der Waals surface area contributed by atoms with Gasteiger partial charge < -0.3 is 9.64 Å². The number of piperidine rings is 3. The molecule has 0 spiro atoms. The first-order valence-electron chi connectivity index (χ1n) is 10.1. The molecule has 0 aliphatic carbocycles. The van der Waals surface area contributed by atoms with Crippen LogP contribution in [0.4, 0.5) is 4.39 Å². The van der Waals surface area contributed by atoms with Gasteiger partial charge in [0.1, 0.15) is 11.6 Å². The number of nitrogens with zero attached hydrogens (tertiary/aromatic N) is 2. The Kier molecular flexibility index (Phi) is 4.35. The van der Waals surface area contributed by atoms with Crippen molar-refractivity contribution in [1.29, 1.82) is 0 Å². The second-order valence-corrected chi connectivity index (χ2v) is 8.20. The molecule has 2 bridgehead atoms. The van der Waals surface area contributed by atoms with Crippen molar-refractivity contribution in [2.24, 2.45) is 5.92 Å². The summed E-state index contributed by atoms with van der Waals surface area (Å²) in [5.74, 6) is 1.39. The van der Waals surface area contributed by atoms with Crippen LogP contribution in [-0.2, 0) is 0 Å². The lowest BCUT2D eigenvalue weighted by molar-refractivity contribution is -0.00341. The van der Waals surface area contributed by atoms with Gasteiger partial charge in [-0.1, -0.05) is 12.1 Å². The topological polar surface area (TPSA) is 32.8 Å². The number of rotatable bonds is 3. The van der Waals surface area contributed by atoms with Crippen LogP contribution in [0.1, 0.15) is 34.7 Å². The number of fused-ring (bicyclic) bond motifs is 2. The number of ether oxygens (including phenoxy) is 1. The number of benzene rings is 2. The first-order chi connectivity index (χ1) is 13.7. The molecule has 4 fully saturated rings. The third-order valence-electron chi connectivity index (χ3n) is 6.87. The van der Waals surface area contributed by atoms with Crippen molar-refractivity contribution in [3.05, 3.63) is 65.5 Å². The number of hydrogen-bond acceptors (Lipinski definition) is 3. The highest BCUT2D eigenvalue weighted by molar-refractivity contribution is 5.94. The second-order valence-electron chi connectivity index (χ2n) is 8.20. The highest BCUT2D eigenvalue weighted by Gasteiger charge is 2.54. The van der Waals surface area contributed by atoms with Crippen molar-refractivity contribution < 1.29 is 13.9 Å². The van der Waals surface area contributed by atoms with Crippen LogP contribution in [0, 0.1) is 11.7 Å². The van der Waals surface area contributed by atoms with Gasteiger partial charge in [0, 0.05) is 24.1 Å². The fraction of sp³-hybridized carbons (Fsp3) is 0.435. The van der Waals surface area contributed by atoms with E-state index >= 15 is 0 Å². The predicted molar refractivity (Wildman–Crippen MR) is 105 cm³/mol. The highest BCUT2D eigenvalue weighted by Crippen LogP contribution is 2.47. The standard InChI is InChI=1S/C23H25FN2O2/c1-28-19-4-2-3-17(13-19)20-14-26(23(27)16-5-7-18(24)8-6-16)21-15-9-11-25(12-10-15)22(20)21/h2-8,13,15,20-22H,9-12,14H2,1H3/t20-,21-,22-/m1/s1. The molecule has 0 N–H and O–H groups in total. The van der Waals surface area contributed by atoms with E-state index in [1.165, 1.54) is 17.7 Å². The molecule has 3 atom stereocenters. The summed E-state index contributed by atoms with van der Waals surface area (Å²) >= 11 is 0. The molecule has 0 saturated carbocycles. The Bertz CT molecular complexity index is 876. The van der Waals surface area contributed by atoms with Crippen LogP contribution in [0.3, 0.4) is 0 Å². The van der Waals surface area contributed by atoms with Crippen molar-refractivity contribution in [1.82, 2.24) is 9.80 Å². The summed E-state index contributed by atoms with van der Waals surface area (Å²) in [7, 11) is 1.69. The van der Waals surface area contributed by atoms with E-state index in [4.69, 9.17) is 4.74 Å². The molecule has 4 nitrogen and oxygen atoms in total. The molecule has 2 aromatic rings. The number of amides is 1. The monoisotopic (exact) mass is 380 g/mol. The molecule has 5 heteroatoms. The summed E-state index contributed by atoms with van der Waals surface area (Å²) in [5.41, 5.74) is 1.80. The average molecular weight is 380 g/mol. The number of carbonyl (C=O) groups is 1. The minimum atomic E-state index is -0.312. The van der Waals surface area contributed by atoms with Gasteiger partial charge in [0.05, 0.1) is 13.2 Å². The van der Waals surface area contributed by atoms with Gasteiger partial charge in [-0.05, 0) is 73.8 Å². The Labute approximate surface area is 164 Å². The normalized spacial score (nSPS) is 30.9. The molecular formula is C23H25FN2O2. The third-order valence-corrected chi connectivity index (χ3v) is 6.87. The Morgan fingerprint density at radius 1 is 1.07 bits per heavy atom. The van der Waals surface area contributed by atoms with E-state index in [2.05, 4.69) is 21.9 Å². The lowest BCUT2D eigenvalue weighted by Crippen LogP contribution is -2.60. The Balaban J connectivity index is 1.51. The lowest BCUT2D eigenvalue weighted by Gasteiger charge is -2.51. The summed E-state index contributed by atoms with van der Waals surface area (Å²) in [5, 5.41) is 0. The largest absolute Gasteiger partial charge is 0.497 e. The minimum absolute atomic E-state index is 0.0224. The quantitative estimate of drug-likeness (QED) is 0.817. The summed E-state index contributed by atoms with van der Waals surface area (Å²) in [6, 6.07) is 14.8. The van der Waals surface area contributed by atoms with E-state index in [0.717, 1.165) is 31.7 Å². The van der Waals surface area contributed by atoms with Gasteiger partial charge >= 0.3 is 0 Å². The molecule has 0 aromatic heterocycles. The molecule has 28 heavy (non-hydrogen) atoms. The van der Waals surface area contributed by atoms with Crippen LogP contribution in [0.25, 0.3) is 0 Å². The average Bonchev–Trinajstić information content (AvgIpc) is 3.18. The van der Waals surface area contributed by atoms with Gasteiger partial charge in [-0.3, -0.25) is 9.69 Å². The maximum absolute atomic E-state index is 13.3. The minimum Gasteiger partial charge on any atom is -0.497 e. The van der Waals surface area contributed by atoms with E-state index in [-0.39, 0.29) is 23.7 Å². The molecule has 4 heterocycles. The molecule has 4 aliphatic heterocycles. The van der Waals surface area contributed by atoms with Crippen LogP contribution in [-0.4, -0.2) is 54.5 Å². The smallest absolute Gasteiger partial charge is 0.254 e. The Morgan fingerprint density at radius 3 is 2.54 bits per heavy atom. The molecule has 1 amide bonds. The second kappa shape index (κ2) is 6.89. The van der Waals surface area contributed by atoms with Gasteiger partial charge in [0.25, 0.3) is 5.91 Å². The Morgan fingerprint density at radius 2 is 1.82 bits per heavy atom. The van der Waals surface area contributed by atoms with Crippen LogP contribution in [0.2, 0.25) is 0 Å². The number of methoxy groups -OCH3 is 1. The van der Waals surface area contributed by atoms with Crippen LogP contribution < -0.4 is 4.74 Å². The zero-order valence-corrected chi connectivity index (χ0v) is 16.1. The predicted octanol–water partition coefficient (Wildman–Crippen LogP) is 3.54. The van der Waals surface area contributed by atoms with E-state index in [1.54, 1.807) is 19.2 Å². The van der Waals surface area contributed by atoms with Crippen molar-refractivity contribution in [2.45, 2.75) is 30.8 Å². The lowest BCUT2D eigenvalue weighted by atomic mass is 9.75. The molecule has 2 aromatic carbocycles. The number of halogens is 1. The zero-order valence-electron chi connectivity index (χ0n) is 16.1. The Hall–Kier alpha value is -2.40. The summed E-state index contributed by atoms with van der Waals surface area (Å²) in [6.45, 7) is 2.93. The van der Waals surface area contributed by atoms with E-state index < -0.39 is 0 Å². The highest BCUT2D eigenvalue weighted by atomic mass is 19.1. The third kappa shape index (κ3) is 2.80. The van der Waals surface area contributed by atoms with E-state index in [9.17, 15) is 9.18 Å². The summed E-state index contributed by atoms with van der Waals surface area (Å²) in [6.07, 6.45) is 2.30. The van der Waals surface area contributed by atoms with Crippen LogP contribution in [0.15, 0.2) is 48.5 Å². The fourth-order valence-corrected chi connectivity index (χ4v) is 5.58. The van der Waals surface area contributed by atoms with E-state index in [0.29, 0.717) is 24.1 Å². The van der Waals surface area contributed by atoms with Crippen molar-refractivity contribution in [2.75, 3.05) is 26.7 Å². The molecule has 0 radical (unpaired) electrons. The van der Waals surface area contributed by atoms with Gasteiger partial charge in [-0.2, -0.15) is 0 Å². The van der Waals surface area contributed by atoms with Crippen LogP contribution in [0.5, 0.6) is 5.75 Å². The maximum Gasteiger partial charge on any atom is 0.254 e. The number of carbonyl (C=O) groups excluding carboxylic acids is 1. The van der Waals surface area contributed by atoms with Gasteiger partial charge in [0.2, 0.25) is 0 Å². The van der Waals surface area contributed by atoms with Crippen molar-refractivity contribution in [3.63, 3.8) is 0 Å².